The number of amides is 2. The Morgan fingerprint density at radius 1 is 1.07 bits per heavy atom. The maximum atomic E-state index is 12.5. The molecule has 0 spiro atoms. The number of carbonyl (C=O) groups excluding carboxylic acids is 2. The predicted octanol–water partition coefficient (Wildman–Crippen LogP) is 3.20. The first-order valence-electron chi connectivity index (χ1n) is 8.17. The molecule has 4 rings (SSSR count). The van der Waals surface area contributed by atoms with Crippen LogP contribution in [0.1, 0.15) is 17.3 Å². The Hall–Kier alpha value is -3.94. The fourth-order valence-corrected chi connectivity index (χ4v) is 2.70. The summed E-state index contributed by atoms with van der Waals surface area (Å²) in [6, 6.07) is 14.0. The zero-order valence-corrected chi connectivity index (χ0v) is 14.3. The van der Waals surface area contributed by atoms with Crippen LogP contribution < -0.4 is 10.6 Å². The van der Waals surface area contributed by atoms with Crippen molar-refractivity contribution in [1.82, 2.24) is 14.6 Å². The number of carbonyl (C=O) groups is 2. The zero-order chi connectivity index (χ0) is 18.8. The van der Waals surface area contributed by atoms with Gasteiger partial charge in [0.2, 0.25) is 11.9 Å². The summed E-state index contributed by atoms with van der Waals surface area (Å²) < 4.78 is 6.76. The van der Waals surface area contributed by atoms with Gasteiger partial charge in [-0.15, -0.1) is 5.10 Å². The van der Waals surface area contributed by atoms with E-state index in [1.807, 2.05) is 18.2 Å². The van der Waals surface area contributed by atoms with E-state index < -0.39 is 0 Å². The van der Waals surface area contributed by atoms with E-state index in [0.717, 1.165) is 11.3 Å². The van der Waals surface area contributed by atoms with Gasteiger partial charge in [0.25, 0.3) is 5.91 Å². The molecule has 4 aromatic rings. The minimum Gasteiger partial charge on any atom is -0.472 e. The maximum absolute atomic E-state index is 12.5. The van der Waals surface area contributed by atoms with Gasteiger partial charge < -0.3 is 9.73 Å². The van der Waals surface area contributed by atoms with Crippen molar-refractivity contribution in [3.8, 4) is 11.3 Å². The van der Waals surface area contributed by atoms with E-state index in [4.69, 9.17) is 4.42 Å². The van der Waals surface area contributed by atoms with Gasteiger partial charge in [0, 0.05) is 23.7 Å². The molecule has 0 atom stereocenters. The number of fused-ring (bicyclic) bond motifs is 1. The van der Waals surface area contributed by atoms with Crippen LogP contribution in [-0.4, -0.2) is 26.4 Å². The molecule has 27 heavy (non-hydrogen) atoms. The molecule has 0 fully saturated rings. The van der Waals surface area contributed by atoms with Gasteiger partial charge in [-0.05, 0) is 36.4 Å². The van der Waals surface area contributed by atoms with Gasteiger partial charge in [-0.1, -0.05) is 12.1 Å². The second kappa shape index (κ2) is 6.75. The maximum Gasteiger partial charge on any atom is 0.258 e. The van der Waals surface area contributed by atoms with E-state index in [0.29, 0.717) is 16.9 Å². The number of pyridine rings is 1. The first kappa shape index (κ1) is 16.5. The van der Waals surface area contributed by atoms with Crippen LogP contribution in [0.4, 0.5) is 11.6 Å². The Kier molecular flexibility index (Phi) is 4.13. The molecule has 0 saturated heterocycles. The highest BCUT2D eigenvalue weighted by atomic mass is 16.3. The third-order valence-corrected chi connectivity index (χ3v) is 3.85. The van der Waals surface area contributed by atoms with Crippen LogP contribution in [0, 0.1) is 0 Å². The van der Waals surface area contributed by atoms with Gasteiger partial charge in [0.15, 0.2) is 5.65 Å². The van der Waals surface area contributed by atoms with Gasteiger partial charge in [-0.2, -0.15) is 4.98 Å². The van der Waals surface area contributed by atoms with E-state index >= 15 is 0 Å². The topological polar surface area (TPSA) is 102 Å². The summed E-state index contributed by atoms with van der Waals surface area (Å²) in [5, 5.41) is 9.70. The van der Waals surface area contributed by atoms with Crippen LogP contribution in [0.5, 0.6) is 0 Å². The monoisotopic (exact) mass is 361 g/mol. The smallest absolute Gasteiger partial charge is 0.258 e. The molecular weight excluding hydrogens is 346 g/mol. The van der Waals surface area contributed by atoms with Crippen molar-refractivity contribution >= 4 is 29.1 Å². The lowest BCUT2D eigenvalue weighted by molar-refractivity contribution is -0.114. The lowest BCUT2D eigenvalue weighted by Crippen LogP contribution is -2.14. The first-order chi connectivity index (χ1) is 13.1. The average molecular weight is 361 g/mol. The highest BCUT2D eigenvalue weighted by Gasteiger charge is 2.13. The van der Waals surface area contributed by atoms with E-state index in [1.165, 1.54) is 6.92 Å². The molecular formula is C19H15N5O3. The van der Waals surface area contributed by atoms with Crippen LogP contribution in [0.3, 0.4) is 0 Å². The summed E-state index contributed by atoms with van der Waals surface area (Å²) in [5.74, 6) is -0.398. The molecule has 3 heterocycles. The summed E-state index contributed by atoms with van der Waals surface area (Å²) in [4.78, 5) is 28.0. The fraction of sp³-hybridized carbons (Fsp3) is 0.0526. The van der Waals surface area contributed by atoms with Crippen molar-refractivity contribution < 1.29 is 14.0 Å². The van der Waals surface area contributed by atoms with Crippen LogP contribution in [0.2, 0.25) is 0 Å². The number of benzene rings is 1. The molecule has 3 aromatic heterocycles. The molecule has 8 nitrogen and oxygen atoms in total. The van der Waals surface area contributed by atoms with Crippen LogP contribution in [0.25, 0.3) is 16.9 Å². The Bertz CT molecular complexity index is 1130. The minimum atomic E-state index is -0.372. The van der Waals surface area contributed by atoms with Crippen LogP contribution in [0.15, 0.2) is 65.5 Å². The van der Waals surface area contributed by atoms with Gasteiger partial charge in [-0.25, -0.2) is 4.52 Å². The Labute approximate surface area is 153 Å². The molecule has 0 aliphatic heterocycles. The number of nitrogens with zero attached hydrogens (tertiary/aromatic N) is 3. The summed E-state index contributed by atoms with van der Waals surface area (Å²) in [7, 11) is 0. The van der Waals surface area contributed by atoms with Crippen LogP contribution >= 0.6 is 0 Å². The second-order valence-electron chi connectivity index (χ2n) is 5.84. The largest absolute Gasteiger partial charge is 0.472 e. The summed E-state index contributed by atoms with van der Waals surface area (Å²) in [5.41, 5.74) is 3.17. The number of anilines is 2. The molecule has 134 valence electrons. The Morgan fingerprint density at radius 3 is 2.70 bits per heavy atom. The van der Waals surface area contributed by atoms with Crippen molar-refractivity contribution in [2.24, 2.45) is 0 Å². The average Bonchev–Trinajstić information content (AvgIpc) is 3.30. The summed E-state index contributed by atoms with van der Waals surface area (Å²) in [6.07, 6.45) is 3.19. The van der Waals surface area contributed by atoms with Gasteiger partial charge in [0.05, 0.1) is 18.2 Å². The number of rotatable bonds is 4. The quantitative estimate of drug-likeness (QED) is 0.581. The van der Waals surface area contributed by atoms with Gasteiger partial charge >= 0.3 is 0 Å². The molecule has 2 N–H and O–H groups in total. The SMILES string of the molecule is CC(=O)Nc1cccc(C(=O)Nc2nc3cccc(-c4ccoc4)n3n2)c1. The van der Waals surface area contributed by atoms with Crippen molar-refractivity contribution in [2.75, 3.05) is 10.6 Å². The Balaban J connectivity index is 1.61. The standard InChI is InChI=1S/C19H15N5O3/c1-12(25)20-15-5-2-4-13(10-15)18(26)22-19-21-17-7-3-6-16(24(17)23-19)14-8-9-27-11-14/h2-11H,1H3,(H,20,25)(H,22,23,26). The molecule has 8 heteroatoms. The lowest BCUT2D eigenvalue weighted by Gasteiger charge is -2.05. The lowest BCUT2D eigenvalue weighted by atomic mass is 10.2. The molecule has 2 amide bonds. The summed E-state index contributed by atoms with van der Waals surface area (Å²) in [6.45, 7) is 1.41. The van der Waals surface area contributed by atoms with Crippen molar-refractivity contribution in [3.05, 3.63) is 66.6 Å². The first-order valence-corrected chi connectivity index (χ1v) is 8.17. The number of furan rings is 1. The number of nitrogens with one attached hydrogen (secondary N) is 2. The molecule has 0 bridgehead atoms. The number of hydrogen-bond acceptors (Lipinski definition) is 5. The van der Waals surface area contributed by atoms with E-state index in [1.54, 1.807) is 47.4 Å². The summed E-state index contributed by atoms with van der Waals surface area (Å²) >= 11 is 0. The molecule has 0 aliphatic carbocycles. The second-order valence-corrected chi connectivity index (χ2v) is 5.84. The molecule has 0 aliphatic rings. The van der Waals surface area contributed by atoms with Crippen molar-refractivity contribution in [2.45, 2.75) is 6.92 Å². The zero-order valence-electron chi connectivity index (χ0n) is 14.3. The number of aromatic nitrogens is 3. The van der Waals surface area contributed by atoms with Crippen molar-refractivity contribution in [1.29, 1.82) is 0 Å². The fourth-order valence-electron chi connectivity index (χ4n) is 2.70. The van der Waals surface area contributed by atoms with E-state index in [-0.39, 0.29) is 17.8 Å². The third-order valence-electron chi connectivity index (χ3n) is 3.85. The van der Waals surface area contributed by atoms with Gasteiger partial charge in [0.1, 0.15) is 0 Å². The van der Waals surface area contributed by atoms with E-state index in [2.05, 4.69) is 20.7 Å². The third kappa shape index (κ3) is 3.40. The van der Waals surface area contributed by atoms with E-state index in [9.17, 15) is 9.59 Å². The minimum absolute atomic E-state index is 0.181. The Morgan fingerprint density at radius 2 is 1.93 bits per heavy atom. The number of hydrogen-bond donors (Lipinski definition) is 2. The molecule has 1 aromatic carbocycles. The van der Waals surface area contributed by atoms with Crippen LogP contribution in [-0.2, 0) is 4.79 Å². The van der Waals surface area contributed by atoms with Crippen molar-refractivity contribution in [3.63, 3.8) is 0 Å². The normalized spacial score (nSPS) is 10.7. The molecule has 0 unspecified atom stereocenters. The highest BCUT2D eigenvalue weighted by molar-refractivity contribution is 6.04. The van der Waals surface area contributed by atoms with Gasteiger partial charge in [-0.3, -0.25) is 14.9 Å². The molecule has 0 radical (unpaired) electrons. The predicted molar refractivity (Wildman–Crippen MR) is 99.4 cm³/mol. The highest BCUT2D eigenvalue weighted by Crippen LogP contribution is 2.21. The molecule has 0 saturated carbocycles.